The summed E-state index contributed by atoms with van der Waals surface area (Å²) in [6, 6.07) is 1.95. The summed E-state index contributed by atoms with van der Waals surface area (Å²) in [6.45, 7) is 6.99. The summed E-state index contributed by atoms with van der Waals surface area (Å²) >= 11 is 0. The van der Waals surface area contributed by atoms with Crippen LogP contribution in [0.4, 0.5) is 0 Å². The average Bonchev–Trinajstić information content (AvgIpc) is 2.64. The number of rotatable bonds is 6. The first-order valence-electron chi connectivity index (χ1n) is 5.61. The summed E-state index contributed by atoms with van der Waals surface area (Å²) in [4.78, 5) is 2.28. The third kappa shape index (κ3) is 3.68. The predicted octanol–water partition coefficient (Wildman–Crippen LogP) is 2.22. The third-order valence-corrected chi connectivity index (χ3v) is 2.79. The number of hydrogen-bond acceptors (Lipinski definition) is 3. The molecule has 0 aliphatic heterocycles. The molecule has 0 saturated carbocycles. The summed E-state index contributed by atoms with van der Waals surface area (Å²) in [7, 11) is 2.12. The molecule has 1 aromatic rings. The Morgan fingerprint density at radius 1 is 1.53 bits per heavy atom. The number of nitrogens with two attached hydrogens (primary N) is 1. The van der Waals surface area contributed by atoms with E-state index in [1.54, 1.807) is 6.26 Å². The van der Waals surface area contributed by atoms with Crippen molar-refractivity contribution in [3.8, 4) is 0 Å². The van der Waals surface area contributed by atoms with Gasteiger partial charge >= 0.3 is 0 Å². The molecule has 1 heterocycles. The Balaban J connectivity index is 2.47. The zero-order valence-corrected chi connectivity index (χ0v) is 9.99. The minimum Gasteiger partial charge on any atom is -0.468 e. The molecule has 0 bridgehead atoms. The van der Waals surface area contributed by atoms with Crippen LogP contribution in [-0.4, -0.2) is 18.5 Å². The summed E-state index contributed by atoms with van der Waals surface area (Å²) in [5.41, 5.74) is 6.74. The summed E-state index contributed by atoms with van der Waals surface area (Å²) in [5, 5.41) is 0. The van der Waals surface area contributed by atoms with Gasteiger partial charge in [0.05, 0.1) is 12.8 Å². The highest BCUT2D eigenvalue weighted by Gasteiger charge is 2.09. The standard InChI is InChI=1S/C12H22N2O/c1-4-10(2)8-14(3)9-12-11(7-13)5-6-15-12/h5-6,10H,4,7-9,13H2,1-3H3. The topological polar surface area (TPSA) is 42.4 Å². The monoisotopic (exact) mass is 210 g/mol. The third-order valence-electron chi connectivity index (χ3n) is 2.79. The molecule has 1 atom stereocenters. The molecule has 1 rings (SSSR count). The van der Waals surface area contributed by atoms with Crippen molar-refractivity contribution in [2.75, 3.05) is 13.6 Å². The maximum absolute atomic E-state index is 5.62. The lowest BCUT2D eigenvalue weighted by atomic mass is 10.1. The fourth-order valence-electron chi connectivity index (χ4n) is 1.66. The predicted molar refractivity (Wildman–Crippen MR) is 62.4 cm³/mol. The molecule has 1 aromatic heterocycles. The van der Waals surface area contributed by atoms with Gasteiger partial charge in [-0.15, -0.1) is 0 Å². The molecule has 0 aliphatic carbocycles. The number of furan rings is 1. The fourth-order valence-corrected chi connectivity index (χ4v) is 1.66. The van der Waals surface area contributed by atoms with Crippen LogP contribution >= 0.6 is 0 Å². The summed E-state index contributed by atoms with van der Waals surface area (Å²) in [6.07, 6.45) is 2.93. The van der Waals surface area contributed by atoms with Crippen LogP contribution in [0.3, 0.4) is 0 Å². The van der Waals surface area contributed by atoms with Crippen LogP contribution in [0.15, 0.2) is 16.7 Å². The first kappa shape index (κ1) is 12.3. The van der Waals surface area contributed by atoms with Crippen LogP contribution in [0.2, 0.25) is 0 Å². The Kier molecular flexibility index (Phi) is 4.85. The lowest BCUT2D eigenvalue weighted by Crippen LogP contribution is -2.24. The molecule has 3 heteroatoms. The van der Waals surface area contributed by atoms with Crippen molar-refractivity contribution in [2.24, 2.45) is 11.7 Å². The van der Waals surface area contributed by atoms with Gasteiger partial charge in [0.2, 0.25) is 0 Å². The van der Waals surface area contributed by atoms with Gasteiger partial charge in [-0.1, -0.05) is 20.3 Å². The van der Waals surface area contributed by atoms with Crippen molar-refractivity contribution in [3.05, 3.63) is 23.7 Å². The van der Waals surface area contributed by atoms with E-state index in [0.717, 1.165) is 30.3 Å². The van der Waals surface area contributed by atoms with Crippen molar-refractivity contribution in [1.29, 1.82) is 0 Å². The molecule has 0 saturated heterocycles. The summed E-state index contributed by atoms with van der Waals surface area (Å²) in [5.74, 6) is 1.73. The van der Waals surface area contributed by atoms with E-state index in [0.29, 0.717) is 6.54 Å². The summed E-state index contributed by atoms with van der Waals surface area (Å²) < 4.78 is 5.42. The molecule has 0 radical (unpaired) electrons. The number of nitrogens with zero attached hydrogens (tertiary/aromatic N) is 1. The minimum atomic E-state index is 0.559. The van der Waals surface area contributed by atoms with Gasteiger partial charge in [0.1, 0.15) is 5.76 Å². The van der Waals surface area contributed by atoms with E-state index in [1.165, 1.54) is 6.42 Å². The van der Waals surface area contributed by atoms with Crippen molar-refractivity contribution >= 4 is 0 Å². The first-order valence-corrected chi connectivity index (χ1v) is 5.61. The van der Waals surface area contributed by atoms with E-state index in [4.69, 9.17) is 10.2 Å². The molecule has 15 heavy (non-hydrogen) atoms. The highest BCUT2D eigenvalue weighted by Crippen LogP contribution is 2.13. The first-order chi connectivity index (χ1) is 7.17. The van der Waals surface area contributed by atoms with Gasteiger partial charge in [-0.2, -0.15) is 0 Å². The molecule has 0 aliphatic rings. The zero-order chi connectivity index (χ0) is 11.3. The smallest absolute Gasteiger partial charge is 0.122 e. The molecule has 86 valence electrons. The Labute approximate surface area is 92.2 Å². The highest BCUT2D eigenvalue weighted by molar-refractivity contribution is 5.16. The van der Waals surface area contributed by atoms with E-state index in [9.17, 15) is 0 Å². The van der Waals surface area contributed by atoms with Crippen LogP contribution in [-0.2, 0) is 13.1 Å². The van der Waals surface area contributed by atoms with Crippen LogP contribution in [0.25, 0.3) is 0 Å². The average molecular weight is 210 g/mol. The second-order valence-electron chi connectivity index (χ2n) is 4.28. The Bertz CT molecular complexity index is 283. The molecule has 0 fully saturated rings. The normalized spacial score (nSPS) is 13.4. The lowest BCUT2D eigenvalue weighted by Gasteiger charge is -2.19. The zero-order valence-electron chi connectivity index (χ0n) is 9.99. The van der Waals surface area contributed by atoms with Gasteiger partial charge in [-0.25, -0.2) is 0 Å². The van der Waals surface area contributed by atoms with E-state index in [2.05, 4.69) is 25.8 Å². The molecule has 3 nitrogen and oxygen atoms in total. The lowest BCUT2D eigenvalue weighted by molar-refractivity contribution is 0.253. The largest absolute Gasteiger partial charge is 0.468 e. The van der Waals surface area contributed by atoms with Crippen molar-refractivity contribution in [3.63, 3.8) is 0 Å². The molecular formula is C12H22N2O. The van der Waals surface area contributed by atoms with E-state index in [-0.39, 0.29) is 0 Å². The van der Waals surface area contributed by atoms with E-state index < -0.39 is 0 Å². The fraction of sp³-hybridized carbons (Fsp3) is 0.667. The molecule has 1 unspecified atom stereocenters. The molecule has 0 amide bonds. The maximum atomic E-state index is 5.62. The van der Waals surface area contributed by atoms with Crippen LogP contribution in [0.1, 0.15) is 31.6 Å². The Morgan fingerprint density at radius 3 is 2.87 bits per heavy atom. The molecule has 2 N–H and O–H groups in total. The quantitative estimate of drug-likeness (QED) is 0.783. The second-order valence-corrected chi connectivity index (χ2v) is 4.28. The SMILES string of the molecule is CCC(C)CN(C)Cc1occc1CN. The van der Waals surface area contributed by atoms with Crippen LogP contribution < -0.4 is 5.73 Å². The van der Waals surface area contributed by atoms with Gasteiger partial charge in [0, 0.05) is 18.7 Å². The van der Waals surface area contributed by atoms with E-state index in [1.807, 2.05) is 6.07 Å². The van der Waals surface area contributed by atoms with Crippen molar-refractivity contribution in [1.82, 2.24) is 4.90 Å². The van der Waals surface area contributed by atoms with E-state index >= 15 is 0 Å². The van der Waals surface area contributed by atoms with Crippen LogP contribution in [0.5, 0.6) is 0 Å². The van der Waals surface area contributed by atoms with Gasteiger partial charge in [-0.05, 0) is 19.0 Å². The van der Waals surface area contributed by atoms with Gasteiger partial charge < -0.3 is 10.2 Å². The van der Waals surface area contributed by atoms with Crippen LogP contribution in [0, 0.1) is 5.92 Å². The second kappa shape index (κ2) is 5.93. The van der Waals surface area contributed by atoms with Gasteiger partial charge in [0.15, 0.2) is 0 Å². The Morgan fingerprint density at radius 2 is 2.27 bits per heavy atom. The highest BCUT2D eigenvalue weighted by atomic mass is 16.3. The molecule has 0 aromatic carbocycles. The Hall–Kier alpha value is -0.800. The van der Waals surface area contributed by atoms with Crippen molar-refractivity contribution in [2.45, 2.75) is 33.4 Å². The van der Waals surface area contributed by atoms with Gasteiger partial charge in [-0.3, -0.25) is 4.90 Å². The molecular weight excluding hydrogens is 188 g/mol. The minimum absolute atomic E-state index is 0.559. The van der Waals surface area contributed by atoms with Crippen molar-refractivity contribution < 1.29 is 4.42 Å². The van der Waals surface area contributed by atoms with Gasteiger partial charge in [0.25, 0.3) is 0 Å². The maximum Gasteiger partial charge on any atom is 0.122 e. The molecule has 0 spiro atoms. The number of hydrogen-bond donors (Lipinski definition) is 1.